The average molecular weight is 258 g/mol. The Morgan fingerprint density at radius 2 is 2.00 bits per heavy atom. The zero-order chi connectivity index (χ0) is 13.8. The first-order chi connectivity index (χ1) is 9.10. The van der Waals surface area contributed by atoms with E-state index in [1.807, 2.05) is 13.0 Å². The minimum atomic E-state index is -0.322. The van der Waals surface area contributed by atoms with Gasteiger partial charge in [0, 0.05) is 12.0 Å². The molecule has 0 aliphatic heterocycles. The molecule has 0 saturated carbocycles. The molecule has 3 heteroatoms. The SMILES string of the molecule is COc1ccc(C(=O)Cc2cccc(F)c2)c(C)c1. The summed E-state index contributed by atoms with van der Waals surface area (Å²) in [6, 6.07) is 11.4. The van der Waals surface area contributed by atoms with E-state index in [0.717, 1.165) is 11.3 Å². The second kappa shape index (κ2) is 5.65. The molecule has 98 valence electrons. The van der Waals surface area contributed by atoms with E-state index < -0.39 is 0 Å². The summed E-state index contributed by atoms with van der Waals surface area (Å²) < 4.78 is 18.2. The number of benzene rings is 2. The summed E-state index contributed by atoms with van der Waals surface area (Å²) in [5, 5.41) is 0. The van der Waals surface area contributed by atoms with E-state index in [9.17, 15) is 9.18 Å². The number of carbonyl (C=O) groups is 1. The van der Waals surface area contributed by atoms with E-state index in [0.29, 0.717) is 11.1 Å². The lowest BCUT2D eigenvalue weighted by molar-refractivity contribution is 0.0992. The minimum absolute atomic E-state index is 0.0225. The first kappa shape index (κ1) is 13.3. The maximum atomic E-state index is 13.1. The van der Waals surface area contributed by atoms with Gasteiger partial charge in [0.05, 0.1) is 7.11 Å². The topological polar surface area (TPSA) is 26.3 Å². The number of ether oxygens (including phenoxy) is 1. The van der Waals surface area contributed by atoms with Crippen LogP contribution in [0, 0.1) is 12.7 Å². The van der Waals surface area contributed by atoms with Crippen LogP contribution < -0.4 is 4.74 Å². The van der Waals surface area contributed by atoms with Crippen LogP contribution in [0.1, 0.15) is 21.5 Å². The average Bonchev–Trinajstić information content (AvgIpc) is 2.38. The summed E-state index contributed by atoms with van der Waals surface area (Å²) in [5.41, 5.74) is 2.19. The highest BCUT2D eigenvalue weighted by Crippen LogP contribution is 2.18. The number of methoxy groups -OCH3 is 1. The molecule has 19 heavy (non-hydrogen) atoms. The fourth-order valence-electron chi connectivity index (χ4n) is 2.00. The van der Waals surface area contributed by atoms with Crippen molar-refractivity contribution in [2.24, 2.45) is 0 Å². The van der Waals surface area contributed by atoms with Gasteiger partial charge in [-0.25, -0.2) is 4.39 Å². The highest BCUT2D eigenvalue weighted by Gasteiger charge is 2.11. The van der Waals surface area contributed by atoms with E-state index in [4.69, 9.17) is 4.74 Å². The molecule has 0 heterocycles. The number of hydrogen-bond donors (Lipinski definition) is 0. The molecule has 0 radical (unpaired) electrons. The van der Waals surface area contributed by atoms with Crippen molar-refractivity contribution in [3.63, 3.8) is 0 Å². The van der Waals surface area contributed by atoms with Gasteiger partial charge in [-0.2, -0.15) is 0 Å². The molecule has 0 aromatic heterocycles. The van der Waals surface area contributed by atoms with Crippen LogP contribution in [0.4, 0.5) is 4.39 Å². The van der Waals surface area contributed by atoms with Gasteiger partial charge in [-0.3, -0.25) is 4.79 Å². The molecule has 0 spiro atoms. The molecule has 0 N–H and O–H groups in total. The number of halogens is 1. The lowest BCUT2D eigenvalue weighted by Crippen LogP contribution is -2.06. The lowest BCUT2D eigenvalue weighted by Gasteiger charge is -2.07. The molecule has 2 aromatic carbocycles. The number of rotatable bonds is 4. The van der Waals surface area contributed by atoms with Gasteiger partial charge >= 0.3 is 0 Å². The second-order valence-electron chi connectivity index (χ2n) is 4.41. The molecule has 0 bridgehead atoms. The Bertz CT molecular complexity index is 605. The standard InChI is InChI=1S/C16H15FO2/c1-11-8-14(19-2)6-7-15(11)16(18)10-12-4-3-5-13(17)9-12/h3-9H,10H2,1-2H3. The number of hydrogen-bond acceptors (Lipinski definition) is 2. The Balaban J connectivity index is 2.20. The molecule has 0 saturated heterocycles. The van der Waals surface area contributed by atoms with Crippen LogP contribution in [0.2, 0.25) is 0 Å². The first-order valence-corrected chi connectivity index (χ1v) is 6.02. The van der Waals surface area contributed by atoms with Gasteiger partial charge in [0.2, 0.25) is 0 Å². The molecule has 2 aromatic rings. The maximum Gasteiger partial charge on any atom is 0.167 e. The Morgan fingerprint density at radius 1 is 1.21 bits per heavy atom. The summed E-state index contributed by atoms with van der Waals surface area (Å²) in [5.74, 6) is 0.377. The summed E-state index contributed by atoms with van der Waals surface area (Å²) in [6.07, 6.45) is 0.199. The van der Waals surface area contributed by atoms with E-state index in [1.54, 1.807) is 31.4 Å². The summed E-state index contributed by atoms with van der Waals surface area (Å²) in [7, 11) is 1.59. The third kappa shape index (κ3) is 3.19. The second-order valence-corrected chi connectivity index (χ2v) is 4.41. The molecular weight excluding hydrogens is 243 g/mol. The monoisotopic (exact) mass is 258 g/mol. The normalized spacial score (nSPS) is 10.3. The molecule has 0 atom stereocenters. The van der Waals surface area contributed by atoms with E-state index >= 15 is 0 Å². The predicted octanol–water partition coefficient (Wildman–Crippen LogP) is 3.57. The van der Waals surface area contributed by atoms with Crippen molar-refractivity contribution in [2.45, 2.75) is 13.3 Å². The molecule has 2 rings (SSSR count). The predicted molar refractivity (Wildman–Crippen MR) is 72.2 cm³/mol. The number of carbonyl (C=O) groups excluding carboxylic acids is 1. The fourth-order valence-corrected chi connectivity index (χ4v) is 2.00. The minimum Gasteiger partial charge on any atom is -0.497 e. The third-order valence-corrected chi connectivity index (χ3v) is 2.99. The summed E-state index contributed by atoms with van der Waals surface area (Å²) in [6.45, 7) is 1.86. The van der Waals surface area contributed by atoms with Gasteiger partial charge in [0.15, 0.2) is 5.78 Å². The van der Waals surface area contributed by atoms with Crippen LogP contribution in [0.3, 0.4) is 0 Å². The van der Waals surface area contributed by atoms with Gasteiger partial charge in [-0.05, 0) is 48.4 Å². The number of aryl methyl sites for hydroxylation is 1. The highest BCUT2D eigenvalue weighted by molar-refractivity contribution is 5.98. The third-order valence-electron chi connectivity index (χ3n) is 2.99. The molecule has 0 amide bonds. The summed E-state index contributed by atoms with van der Waals surface area (Å²) >= 11 is 0. The van der Waals surface area contributed by atoms with Gasteiger partial charge in [-0.1, -0.05) is 12.1 Å². The zero-order valence-electron chi connectivity index (χ0n) is 10.9. The van der Waals surface area contributed by atoms with Crippen molar-refractivity contribution in [1.82, 2.24) is 0 Å². The Hall–Kier alpha value is -2.16. The number of Topliss-reactive ketones (excluding diaryl/α,β-unsaturated/α-hetero) is 1. The van der Waals surface area contributed by atoms with Crippen LogP contribution in [0.15, 0.2) is 42.5 Å². The molecule has 0 fully saturated rings. The van der Waals surface area contributed by atoms with Crippen molar-refractivity contribution < 1.29 is 13.9 Å². The summed E-state index contributed by atoms with van der Waals surface area (Å²) in [4.78, 5) is 12.2. The van der Waals surface area contributed by atoms with Crippen molar-refractivity contribution in [1.29, 1.82) is 0 Å². The highest BCUT2D eigenvalue weighted by atomic mass is 19.1. The molecule has 2 nitrogen and oxygen atoms in total. The van der Waals surface area contributed by atoms with Gasteiger partial charge in [-0.15, -0.1) is 0 Å². The van der Waals surface area contributed by atoms with Crippen molar-refractivity contribution >= 4 is 5.78 Å². The maximum absolute atomic E-state index is 13.1. The zero-order valence-corrected chi connectivity index (χ0v) is 10.9. The Morgan fingerprint density at radius 3 is 2.63 bits per heavy atom. The van der Waals surface area contributed by atoms with Gasteiger partial charge < -0.3 is 4.74 Å². The van der Waals surface area contributed by atoms with Crippen molar-refractivity contribution in [3.8, 4) is 5.75 Å². The van der Waals surface area contributed by atoms with Gasteiger partial charge in [0.1, 0.15) is 11.6 Å². The largest absolute Gasteiger partial charge is 0.497 e. The van der Waals surface area contributed by atoms with E-state index in [1.165, 1.54) is 12.1 Å². The van der Waals surface area contributed by atoms with Crippen LogP contribution in [-0.2, 0) is 6.42 Å². The van der Waals surface area contributed by atoms with E-state index in [2.05, 4.69) is 0 Å². The Kier molecular flexibility index (Phi) is 3.95. The molecule has 0 aliphatic carbocycles. The van der Waals surface area contributed by atoms with Crippen LogP contribution in [0.25, 0.3) is 0 Å². The Labute approximate surface area is 111 Å². The van der Waals surface area contributed by atoms with E-state index in [-0.39, 0.29) is 18.0 Å². The molecular formula is C16H15FO2. The molecule has 0 unspecified atom stereocenters. The van der Waals surface area contributed by atoms with Crippen LogP contribution in [-0.4, -0.2) is 12.9 Å². The first-order valence-electron chi connectivity index (χ1n) is 6.02. The smallest absolute Gasteiger partial charge is 0.167 e. The number of ketones is 1. The van der Waals surface area contributed by atoms with Crippen LogP contribution in [0.5, 0.6) is 5.75 Å². The van der Waals surface area contributed by atoms with Crippen molar-refractivity contribution in [2.75, 3.05) is 7.11 Å². The van der Waals surface area contributed by atoms with Crippen molar-refractivity contribution in [3.05, 3.63) is 65.0 Å². The quantitative estimate of drug-likeness (QED) is 0.784. The fraction of sp³-hybridized carbons (Fsp3) is 0.188. The van der Waals surface area contributed by atoms with Crippen LogP contribution >= 0.6 is 0 Å². The lowest BCUT2D eigenvalue weighted by atomic mass is 9.99. The van der Waals surface area contributed by atoms with Gasteiger partial charge in [0.25, 0.3) is 0 Å². The molecule has 0 aliphatic rings.